The summed E-state index contributed by atoms with van der Waals surface area (Å²) in [7, 11) is 0. The number of nitrogens with one attached hydrogen (secondary N) is 1. The second-order valence-corrected chi connectivity index (χ2v) is 5.59. The SMILES string of the molecule is CCC1(CNc2nc(N)cn3ccnc23)CCCC1. The van der Waals surface area contributed by atoms with Crippen molar-refractivity contribution in [3.63, 3.8) is 0 Å². The number of imidazole rings is 1. The fourth-order valence-electron chi connectivity index (χ4n) is 3.12. The molecule has 0 atom stereocenters. The summed E-state index contributed by atoms with van der Waals surface area (Å²) in [4.78, 5) is 8.72. The van der Waals surface area contributed by atoms with E-state index in [9.17, 15) is 0 Å². The van der Waals surface area contributed by atoms with Crippen molar-refractivity contribution in [2.24, 2.45) is 5.41 Å². The Morgan fingerprint density at radius 2 is 2.21 bits per heavy atom. The van der Waals surface area contributed by atoms with Gasteiger partial charge in [-0.3, -0.25) is 0 Å². The molecule has 0 spiro atoms. The van der Waals surface area contributed by atoms with Gasteiger partial charge in [-0.15, -0.1) is 0 Å². The Bertz CT molecular complexity index is 568. The first-order valence-corrected chi connectivity index (χ1v) is 7.05. The van der Waals surface area contributed by atoms with E-state index in [2.05, 4.69) is 22.2 Å². The molecule has 1 fully saturated rings. The lowest BCUT2D eigenvalue weighted by molar-refractivity contribution is 0.306. The first-order chi connectivity index (χ1) is 9.22. The molecule has 1 saturated carbocycles. The van der Waals surface area contributed by atoms with Crippen molar-refractivity contribution in [3.8, 4) is 0 Å². The summed E-state index contributed by atoms with van der Waals surface area (Å²) in [6.45, 7) is 3.24. The topological polar surface area (TPSA) is 68.2 Å². The second kappa shape index (κ2) is 4.72. The molecule has 1 aliphatic carbocycles. The van der Waals surface area contributed by atoms with Gasteiger partial charge in [0, 0.05) is 18.9 Å². The van der Waals surface area contributed by atoms with Crippen LogP contribution in [-0.4, -0.2) is 20.9 Å². The third-order valence-electron chi connectivity index (χ3n) is 4.44. The highest BCUT2D eigenvalue weighted by atomic mass is 15.1. The highest BCUT2D eigenvalue weighted by molar-refractivity contribution is 5.64. The van der Waals surface area contributed by atoms with Crippen LogP contribution >= 0.6 is 0 Å². The van der Waals surface area contributed by atoms with Crippen molar-refractivity contribution in [1.29, 1.82) is 0 Å². The Kier molecular flexibility index (Phi) is 3.05. The van der Waals surface area contributed by atoms with Crippen molar-refractivity contribution < 1.29 is 0 Å². The molecule has 3 N–H and O–H groups in total. The lowest BCUT2D eigenvalue weighted by Crippen LogP contribution is -2.26. The normalized spacial score (nSPS) is 17.9. The van der Waals surface area contributed by atoms with Gasteiger partial charge in [0.15, 0.2) is 11.5 Å². The fraction of sp³-hybridized carbons (Fsp3) is 0.571. The minimum absolute atomic E-state index is 0.426. The van der Waals surface area contributed by atoms with Crippen LogP contribution in [0, 0.1) is 5.41 Å². The average Bonchev–Trinajstić information content (AvgIpc) is 3.05. The minimum Gasteiger partial charge on any atom is -0.382 e. The predicted molar refractivity (Wildman–Crippen MR) is 77.1 cm³/mol. The molecule has 0 amide bonds. The maximum absolute atomic E-state index is 5.83. The Labute approximate surface area is 113 Å². The summed E-state index contributed by atoms with van der Waals surface area (Å²) < 4.78 is 1.91. The van der Waals surface area contributed by atoms with Gasteiger partial charge in [0.25, 0.3) is 0 Å². The zero-order chi connectivity index (χ0) is 13.3. The number of aromatic nitrogens is 3. The van der Waals surface area contributed by atoms with Crippen LogP contribution in [-0.2, 0) is 0 Å². The largest absolute Gasteiger partial charge is 0.382 e. The van der Waals surface area contributed by atoms with E-state index in [1.807, 2.05) is 10.6 Å². The Morgan fingerprint density at radius 3 is 2.95 bits per heavy atom. The van der Waals surface area contributed by atoms with Gasteiger partial charge in [0.2, 0.25) is 0 Å². The maximum atomic E-state index is 5.83. The van der Waals surface area contributed by atoms with Crippen LogP contribution in [0.2, 0.25) is 0 Å². The molecule has 0 saturated heterocycles. The van der Waals surface area contributed by atoms with Gasteiger partial charge in [0.1, 0.15) is 5.82 Å². The second-order valence-electron chi connectivity index (χ2n) is 5.59. The van der Waals surface area contributed by atoms with Crippen LogP contribution in [0.25, 0.3) is 5.65 Å². The van der Waals surface area contributed by atoms with Crippen molar-refractivity contribution in [1.82, 2.24) is 14.4 Å². The molecule has 0 radical (unpaired) electrons. The first kappa shape index (κ1) is 12.3. The molecule has 0 aliphatic heterocycles. The van der Waals surface area contributed by atoms with Gasteiger partial charge in [0.05, 0.1) is 6.20 Å². The lowest BCUT2D eigenvalue weighted by Gasteiger charge is -2.28. The van der Waals surface area contributed by atoms with E-state index in [4.69, 9.17) is 5.73 Å². The molecule has 19 heavy (non-hydrogen) atoms. The van der Waals surface area contributed by atoms with E-state index >= 15 is 0 Å². The number of nitrogen functional groups attached to an aromatic ring is 1. The number of hydrogen-bond acceptors (Lipinski definition) is 4. The van der Waals surface area contributed by atoms with E-state index in [0.29, 0.717) is 11.2 Å². The molecule has 0 aromatic carbocycles. The summed E-state index contributed by atoms with van der Waals surface area (Å²) in [5, 5.41) is 3.47. The highest BCUT2D eigenvalue weighted by Gasteiger charge is 2.31. The molecular weight excluding hydrogens is 238 g/mol. The molecule has 2 aromatic heterocycles. The summed E-state index contributed by atoms with van der Waals surface area (Å²) in [6.07, 6.45) is 12.0. The Hall–Kier alpha value is -1.78. The van der Waals surface area contributed by atoms with Gasteiger partial charge in [-0.2, -0.15) is 0 Å². The zero-order valence-electron chi connectivity index (χ0n) is 11.4. The number of nitrogens with zero attached hydrogens (tertiary/aromatic N) is 3. The molecule has 1 aliphatic rings. The van der Waals surface area contributed by atoms with Crippen molar-refractivity contribution in [2.45, 2.75) is 39.0 Å². The maximum Gasteiger partial charge on any atom is 0.180 e. The van der Waals surface area contributed by atoms with Gasteiger partial charge < -0.3 is 15.5 Å². The first-order valence-electron chi connectivity index (χ1n) is 7.05. The van der Waals surface area contributed by atoms with Crippen molar-refractivity contribution in [2.75, 3.05) is 17.6 Å². The lowest BCUT2D eigenvalue weighted by atomic mass is 9.83. The average molecular weight is 259 g/mol. The van der Waals surface area contributed by atoms with E-state index in [-0.39, 0.29) is 0 Å². The molecule has 2 heterocycles. The predicted octanol–water partition coefficient (Wildman–Crippen LogP) is 2.69. The van der Waals surface area contributed by atoms with Crippen LogP contribution in [0.5, 0.6) is 0 Å². The molecule has 102 valence electrons. The number of rotatable bonds is 4. The molecule has 5 nitrogen and oxygen atoms in total. The van der Waals surface area contributed by atoms with Gasteiger partial charge in [-0.05, 0) is 24.7 Å². The minimum atomic E-state index is 0.426. The number of fused-ring (bicyclic) bond motifs is 1. The molecule has 0 unspecified atom stereocenters. The third kappa shape index (κ3) is 2.25. The van der Waals surface area contributed by atoms with Gasteiger partial charge >= 0.3 is 0 Å². The van der Waals surface area contributed by atoms with Crippen molar-refractivity contribution >= 4 is 17.3 Å². The van der Waals surface area contributed by atoms with E-state index in [1.54, 1.807) is 12.4 Å². The van der Waals surface area contributed by atoms with E-state index < -0.39 is 0 Å². The number of hydrogen-bond donors (Lipinski definition) is 2. The summed E-state index contributed by atoms with van der Waals surface area (Å²) in [5.74, 6) is 1.31. The fourth-order valence-corrected chi connectivity index (χ4v) is 3.12. The summed E-state index contributed by atoms with van der Waals surface area (Å²) >= 11 is 0. The summed E-state index contributed by atoms with van der Waals surface area (Å²) in [6, 6.07) is 0. The molecule has 5 heteroatoms. The quantitative estimate of drug-likeness (QED) is 0.885. The van der Waals surface area contributed by atoms with E-state index in [1.165, 1.54) is 32.1 Å². The Morgan fingerprint density at radius 1 is 1.42 bits per heavy atom. The highest BCUT2D eigenvalue weighted by Crippen LogP contribution is 2.41. The van der Waals surface area contributed by atoms with Crippen molar-refractivity contribution in [3.05, 3.63) is 18.6 Å². The molecule has 0 bridgehead atoms. The molecular formula is C14H21N5. The van der Waals surface area contributed by atoms with E-state index in [0.717, 1.165) is 18.0 Å². The standard InChI is InChI=1S/C14H21N5/c1-2-14(5-3-4-6-14)10-17-12-13-16-7-8-19(13)9-11(15)18-12/h7-9H,2-6,10,15H2,1H3,(H,17,18). The van der Waals surface area contributed by atoms with Crippen LogP contribution in [0.15, 0.2) is 18.6 Å². The van der Waals surface area contributed by atoms with Crippen LogP contribution in [0.4, 0.5) is 11.6 Å². The number of nitrogens with two attached hydrogens (primary N) is 1. The monoisotopic (exact) mass is 259 g/mol. The summed E-state index contributed by atoms with van der Waals surface area (Å²) in [5.41, 5.74) is 7.11. The van der Waals surface area contributed by atoms with Crippen LogP contribution in [0.3, 0.4) is 0 Å². The third-order valence-corrected chi connectivity index (χ3v) is 4.44. The Balaban J connectivity index is 1.83. The smallest absolute Gasteiger partial charge is 0.180 e. The van der Waals surface area contributed by atoms with Gasteiger partial charge in [-0.25, -0.2) is 9.97 Å². The van der Waals surface area contributed by atoms with Crippen LogP contribution < -0.4 is 11.1 Å². The number of anilines is 2. The molecule has 3 rings (SSSR count). The van der Waals surface area contributed by atoms with Gasteiger partial charge in [-0.1, -0.05) is 19.8 Å². The molecule has 2 aromatic rings. The van der Waals surface area contributed by atoms with Crippen LogP contribution in [0.1, 0.15) is 39.0 Å². The zero-order valence-corrected chi connectivity index (χ0v) is 11.4.